The molecule has 1 unspecified atom stereocenters. The molecule has 1 saturated heterocycles. The van der Waals surface area contributed by atoms with Crippen LogP contribution >= 0.6 is 0 Å². The first-order valence-corrected chi connectivity index (χ1v) is 4.18. The summed E-state index contributed by atoms with van der Waals surface area (Å²) < 4.78 is 4.85. The predicted molar refractivity (Wildman–Crippen MR) is 43.6 cm³/mol. The Morgan fingerprint density at radius 3 is 3.00 bits per heavy atom. The number of hydrogen-bond donors (Lipinski definition) is 2. The monoisotopic (exact) mass is 173 g/mol. The van der Waals surface area contributed by atoms with Crippen LogP contribution < -0.4 is 5.32 Å². The van der Waals surface area contributed by atoms with Crippen LogP contribution in [0.4, 0.5) is 0 Å². The lowest BCUT2D eigenvalue weighted by Gasteiger charge is -2.19. The van der Waals surface area contributed by atoms with Gasteiger partial charge in [0.15, 0.2) is 0 Å². The Balaban J connectivity index is 2.39. The van der Waals surface area contributed by atoms with Crippen LogP contribution in [0.15, 0.2) is 0 Å². The fourth-order valence-corrected chi connectivity index (χ4v) is 1.30. The van der Waals surface area contributed by atoms with Crippen LogP contribution in [0.2, 0.25) is 0 Å². The van der Waals surface area contributed by atoms with Crippen molar-refractivity contribution in [3.63, 3.8) is 0 Å². The molecule has 0 bridgehead atoms. The van der Waals surface area contributed by atoms with E-state index in [2.05, 4.69) is 5.32 Å². The van der Waals surface area contributed by atoms with Gasteiger partial charge in [-0.2, -0.15) is 0 Å². The molecule has 1 rings (SSSR count). The van der Waals surface area contributed by atoms with Gasteiger partial charge in [-0.1, -0.05) is 0 Å². The summed E-state index contributed by atoms with van der Waals surface area (Å²) in [6, 6.07) is 0. The van der Waals surface area contributed by atoms with E-state index in [4.69, 9.17) is 9.84 Å². The first-order valence-electron chi connectivity index (χ1n) is 4.18. The van der Waals surface area contributed by atoms with Crippen molar-refractivity contribution in [2.45, 2.75) is 13.3 Å². The van der Waals surface area contributed by atoms with E-state index in [0.29, 0.717) is 6.54 Å². The average molecular weight is 173 g/mol. The maximum Gasteiger partial charge on any atom is 0.313 e. The molecule has 4 heteroatoms. The van der Waals surface area contributed by atoms with E-state index in [1.807, 2.05) is 6.92 Å². The van der Waals surface area contributed by atoms with E-state index in [9.17, 15) is 4.79 Å². The molecule has 0 aromatic rings. The van der Waals surface area contributed by atoms with Crippen molar-refractivity contribution in [1.29, 1.82) is 0 Å². The largest absolute Gasteiger partial charge is 0.463 e. The predicted octanol–water partition coefficient (Wildman–Crippen LogP) is -0.478. The molecule has 0 amide bonds. The van der Waals surface area contributed by atoms with Gasteiger partial charge < -0.3 is 15.2 Å². The second kappa shape index (κ2) is 3.87. The molecule has 2 N–H and O–H groups in total. The molecule has 1 aliphatic rings. The van der Waals surface area contributed by atoms with Crippen molar-refractivity contribution in [2.75, 3.05) is 26.3 Å². The molecule has 4 nitrogen and oxygen atoms in total. The standard InChI is InChI=1S/C8H15NO3/c1-8(2-3-9-6-8)7(11)12-5-4-10/h9-10H,2-6H2,1H3. The van der Waals surface area contributed by atoms with Crippen LogP contribution in [-0.4, -0.2) is 37.4 Å². The number of ether oxygens (including phenoxy) is 1. The number of carbonyl (C=O) groups is 1. The van der Waals surface area contributed by atoms with Gasteiger partial charge in [-0.3, -0.25) is 4.79 Å². The number of nitrogens with one attached hydrogen (secondary N) is 1. The van der Waals surface area contributed by atoms with Gasteiger partial charge in [0.25, 0.3) is 0 Å². The smallest absolute Gasteiger partial charge is 0.313 e. The summed E-state index contributed by atoms with van der Waals surface area (Å²) in [6.45, 7) is 3.43. The van der Waals surface area contributed by atoms with Gasteiger partial charge in [0.1, 0.15) is 6.61 Å². The Kier molecular flexibility index (Phi) is 3.05. The molecule has 0 spiro atoms. The third kappa shape index (κ3) is 1.95. The van der Waals surface area contributed by atoms with Gasteiger partial charge in [-0.05, 0) is 19.9 Å². The zero-order valence-corrected chi connectivity index (χ0v) is 7.30. The van der Waals surface area contributed by atoms with Crippen molar-refractivity contribution in [2.24, 2.45) is 5.41 Å². The zero-order valence-electron chi connectivity index (χ0n) is 7.30. The quantitative estimate of drug-likeness (QED) is 0.566. The highest BCUT2D eigenvalue weighted by Gasteiger charge is 2.37. The van der Waals surface area contributed by atoms with E-state index < -0.39 is 0 Å². The molecule has 12 heavy (non-hydrogen) atoms. The third-order valence-electron chi connectivity index (χ3n) is 2.19. The van der Waals surface area contributed by atoms with Crippen LogP contribution in [0.25, 0.3) is 0 Å². The summed E-state index contributed by atoms with van der Waals surface area (Å²) in [6.07, 6.45) is 0.817. The molecule has 70 valence electrons. The molecule has 0 saturated carbocycles. The minimum Gasteiger partial charge on any atom is -0.463 e. The van der Waals surface area contributed by atoms with Gasteiger partial charge in [0, 0.05) is 6.54 Å². The van der Waals surface area contributed by atoms with E-state index in [1.54, 1.807) is 0 Å². The fraction of sp³-hybridized carbons (Fsp3) is 0.875. The summed E-state index contributed by atoms with van der Waals surface area (Å²) >= 11 is 0. The van der Waals surface area contributed by atoms with Crippen molar-refractivity contribution in [1.82, 2.24) is 5.32 Å². The van der Waals surface area contributed by atoms with Gasteiger partial charge in [-0.25, -0.2) is 0 Å². The minimum absolute atomic E-state index is 0.102. The molecular formula is C8H15NO3. The summed E-state index contributed by atoms with van der Waals surface area (Å²) in [5, 5.41) is 11.6. The Hall–Kier alpha value is -0.610. The summed E-state index contributed by atoms with van der Waals surface area (Å²) in [7, 11) is 0. The van der Waals surface area contributed by atoms with Crippen molar-refractivity contribution in [3.8, 4) is 0 Å². The van der Waals surface area contributed by atoms with Crippen LogP contribution in [0.1, 0.15) is 13.3 Å². The van der Waals surface area contributed by atoms with Crippen LogP contribution in [0.3, 0.4) is 0 Å². The molecular weight excluding hydrogens is 158 g/mol. The highest BCUT2D eigenvalue weighted by molar-refractivity contribution is 5.77. The number of aliphatic hydroxyl groups excluding tert-OH is 1. The van der Waals surface area contributed by atoms with Gasteiger partial charge in [-0.15, -0.1) is 0 Å². The first-order chi connectivity index (χ1) is 5.69. The third-order valence-corrected chi connectivity index (χ3v) is 2.19. The second-order valence-corrected chi connectivity index (χ2v) is 3.35. The number of rotatable bonds is 3. The highest BCUT2D eigenvalue weighted by atomic mass is 16.5. The van der Waals surface area contributed by atoms with E-state index in [1.165, 1.54) is 0 Å². The summed E-state index contributed by atoms with van der Waals surface area (Å²) in [4.78, 5) is 11.4. The summed E-state index contributed by atoms with van der Waals surface area (Å²) in [5.74, 6) is -0.207. The average Bonchev–Trinajstić information content (AvgIpc) is 2.49. The molecule has 0 aromatic carbocycles. The first kappa shape index (κ1) is 9.48. The SMILES string of the molecule is CC1(C(=O)OCCO)CCNC1. The number of carbonyl (C=O) groups excluding carboxylic acids is 1. The lowest BCUT2D eigenvalue weighted by atomic mass is 9.90. The molecule has 1 atom stereocenters. The lowest BCUT2D eigenvalue weighted by Crippen LogP contribution is -2.32. The normalized spacial score (nSPS) is 28.8. The Morgan fingerprint density at radius 1 is 1.75 bits per heavy atom. The molecule has 0 radical (unpaired) electrons. The molecule has 1 aliphatic heterocycles. The van der Waals surface area contributed by atoms with Gasteiger partial charge in [0.2, 0.25) is 0 Å². The molecule has 0 aromatic heterocycles. The Bertz CT molecular complexity index is 164. The van der Waals surface area contributed by atoms with E-state index in [-0.39, 0.29) is 24.6 Å². The van der Waals surface area contributed by atoms with E-state index >= 15 is 0 Å². The van der Waals surface area contributed by atoms with Gasteiger partial charge >= 0.3 is 5.97 Å². The summed E-state index contributed by atoms with van der Waals surface area (Å²) in [5.41, 5.74) is -0.380. The van der Waals surface area contributed by atoms with Crippen LogP contribution in [0, 0.1) is 5.41 Å². The lowest BCUT2D eigenvalue weighted by molar-refractivity contribution is -0.154. The maximum absolute atomic E-state index is 11.4. The van der Waals surface area contributed by atoms with Gasteiger partial charge in [0.05, 0.1) is 12.0 Å². The Morgan fingerprint density at radius 2 is 2.50 bits per heavy atom. The van der Waals surface area contributed by atoms with Crippen LogP contribution in [-0.2, 0) is 9.53 Å². The molecule has 1 fully saturated rings. The number of aliphatic hydroxyl groups is 1. The number of esters is 1. The highest BCUT2D eigenvalue weighted by Crippen LogP contribution is 2.25. The topological polar surface area (TPSA) is 58.6 Å². The van der Waals surface area contributed by atoms with Crippen molar-refractivity contribution < 1.29 is 14.6 Å². The Labute approximate surface area is 71.9 Å². The minimum atomic E-state index is -0.380. The van der Waals surface area contributed by atoms with Crippen LogP contribution in [0.5, 0.6) is 0 Å². The van der Waals surface area contributed by atoms with Crippen molar-refractivity contribution >= 4 is 5.97 Å². The molecule has 1 heterocycles. The van der Waals surface area contributed by atoms with E-state index in [0.717, 1.165) is 13.0 Å². The number of hydrogen-bond acceptors (Lipinski definition) is 4. The molecule has 0 aliphatic carbocycles. The zero-order chi connectivity index (χ0) is 9.03. The second-order valence-electron chi connectivity index (χ2n) is 3.35. The van der Waals surface area contributed by atoms with Crippen molar-refractivity contribution in [3.05, 3.63) is 0 Å². The maximum atomic E-state index is 11.4. The fourth-order valence-electron chi connectivity index (χ4n) is 1.30.